The van der Waals surface area contributed by atoms with Crippen LogP contribution in [0.5, 0.6) is 0 Å². The van der Waals surface area contributed by atoms with Gasteiger partial charge in [-0.05, 0) is 24.1 Å². The highest BCUT2D eigenvalue weighted by Crippen LogP contribution is 2.31. The molecule has 21 heavy (non-hydrogen) atoms. The van der Waals surface area contributed by atoms with Crippen molar-refractivity contribution in [3.63, 3.8) is 0 Å². The standard InChI is InChI=1S/C14H16F3N3O/c1-2-6-20-13(18-9-19-20)8-12(21)10-4-3-5-11(7-10)14(15,16)17/h3-5,7,9,12,21H,2,6,8H2,1H3. The Balaban J connectivity index is 2.16. The van der Waals surface area contributed by atoms with Crippen LogP contribution in [0.25, 0.3) is 0 Å². The second-order valence-corrected chi connectivity index (χ2v) is 4.74. The predicted molar refractivity (Wildman–Crippen MR) is 70.4 cm³/mol. The van der Waals surface area contributed by atoms with Gasteiger partial charge in [-0.3, -0.25) is 4.68 Å². The molecule has 0 fully saturated rings. The van der Waals surface area contributed by atoms with Crippen molar-refractivity contribution in [2.75, 3.05) is 0 Å². The number of aryl methyl sites for hydroxylation is 1. The van der Waals surface area contributed by atoms with Gasteiger partial charge in [-0.25, -0.2) is 4.98 Å². The molecule has 0 aliphatic heterocycles. The molecule has 114 valence electrons. The normalized spacial score (nSPS) is 13.4. The number of aliphatic hydroxyl groups is 1. The highest BCUT2D eigenvalue weighted by atomic mass is 19.4. The van der Waals surface area contributed by atoms with Crippen LogP contribution in [0, 0.1) is 0 Å². The van der Waals surface area contributed by atoms with Gasteiger partial charge in [-0.15, -0.1) is 0 Å². The number of nitrogens with zero attached hydrogens (tertiary/aromatic N) is 3. The Labute approximate surface area is 120 Å². The van der Waals surface area contributed by atoms with Gasteiger partial charge in [0.25, 0.3) is 0 Å². The molecule has 1 aromatic heterocycles. The van der Waals surface area contributed by atoms with E-state index in [2.05, 4.69) is 10.1 Å². The molecule has 4 nitrogen and oxygen atoms in total. The zero-order valence-corrected chi connectivity index (χ0v) is 11.5. The highest BCUT2D eigenvalue weighted by Gasteiger charge is 2.31. The Morgan fingerprint density at radius 2 is 2.10 bits per heavy atom. The van der Waals surface area contributed by atoms with E-state index in [-0.39, 0.29) is 12.0 Å². The molecule has 2 rings (SSSR count). The van der Waals surface area contributed by atoms with Gasteiger partial charge in [-0.1, -0.05) is 19.1 Å². The molecule has 0 aliphatic carbocycles. The van der Waals surface area contributed by atoms with E-state index in [1.807, 2.05) is 6.92 Å². The van der Waals surface area contributed by atoms with E-state index in [1.165, 1.54) is 18.5 Å². The molecule has 0 amide bonds. The molecule has 0 bridgehead atoms. The van der Waals surface area contributed by atoms with E-state index in [9.17, 15) is 18.3 Å². The third-order valence-electron chi connectivity index (χ3n) is 3.11. The molecular weight excluding hydrogens is 283 g/mol. The lowest BCUT2D eigenvalue weighted by Crippen LogP contribution is -2.11. The van der Waals surface area contributed by atoms with E-state index in [0.717, 1.165) is 18.6 Å². The summed E-state index contributed by atoms with van der Waals surface area (Å²) in [6.07, 6.45) is -3.11. The Morgan fingerprint density at radius 3 is 2.76 bits per heavy atom. The molecule has 0 saturated carbocycles. The van der Waals surface area contributed by atoms with Crippen LogP contribution in [0.4, 0.5) is 13.2 Å². The number of benzene rings is 1. The van der Waals surface area contributed by atoms with Crippen molar-refractivity contribution >= 4 is 0 Å². The minimum atomic E-state index is -4.42. The molecule has 1 aromatic carbocycles. The fourth-order valence-electron chi connectivity index (χ4n) is 2.06. The van der Waals surface area contributed by atoms with Gasteiger partial charge in [0.05, 0.1) is 11.7 Å². The van der Waals surface area contributed by atoms with Crippen LogP contribution in [-0.4, -0.2) is 19.9 Å². The van der Waals surface area contributed by atoms with Crippen molar-refractivity contribution in [2.24, 2.45) is 0 Å². The first-order valence-electron chi connectivity index (χ1n) is 6.63. The van der Waals surface area contributed by atoms with Gasteiger partial charge < -0.3 is 5.11 Å². The van der Waals surface area contributed by atoms with Gasteiger partial charge in [0.1, 0.15) is 12.2 Å². The second-order valence-electron chi connectivity index (χ2n) is 4.74. The molecule has 0 saturated heterocycles. The minimum absolute atomic E-state index is 0.126. The molecule has 1 N–H and O–H groups in total. The van der Waals surface area contributed by atoms with Crippen LogP contribution < -0.4 is 0 Å². The van der Waals surface area contributed by atoms with Crippen molar-refractivity contribution < 1.29 is 18.3 Å². The van der Waals surface area contributed by atoms with Gasteiger partial charge in [-0.2, -0.15) is 18.3 Å². The number of aromatic nitrogens is 3. The van der Waals surface area contributed by atoms with Crippen molar-refractivity contribution in [2.45, 2.75) is 38.6 Å². The first kappa shape index (κ1) is 15.5. The number of alkyl halides is 3. The monoisotopic (exact) mass is 299 g/mol. The fraction of sp³-hybridized carbons (Fsp3) is 0.429. The van der Waals surface area contributed by atoms with Crippen LogP contribution >= 0.6 is 0 Å². The van der Waals surface area contributed by atoms with E-state index in [1.54, 1.807) is 4.68 Å². The summed E-state index contributed by atoms with van der Waals surface area (Å²) in [6, 6.07) is 4.71. The lowest BCUT2D eigenvalue weighted by Gasteiger charge is -2.14. The number of hydrogen-bond donors (Lipinski definition) is 1. The average molecular weight is 299 g/mol. The lowest BCUT2D eigenvalue weighted by molar-refractivity contribution is -0.137. The van der Waals surface area contributed by atoms with Gasteiger partial charge in [0, 0.05) is 13.0 Å². The zero-order valence-electron chi connectivity index (χ0n) is 11.5. The Hall–Kier alpha value is -1.89. The predicted octanol–water partition coefficient (Wildman–Crippen LogP) is 2.98. The number of halogens is 3. The van der Waals surface area contributed by atoms with Crippen LogP contribution in [0.2, 0.25) is 0 Å². The van der Waals surface area contributed by atoms with Crippen LogP contribution in [0.3, 0.4) is 0 Å². The zero-order chi connectivity index (χ0) is 15.5. The molecule has 0 spiro atoms. The summed E-state index contributed by atoms with van der Waals surface area (Å²) in [5, 5.41) is 14.2. The highest BCUT2D eigenvalue weighted by molar-refractivity contribution is 5.27. The van der Waals surface area contributed by atoms with Crippen molar-refractivity contribution in [3.05, 3.63) is 47.5 Å². The van der Waals surface area contributed by atoms with Gasteiger partial charge in [0.2, 0.25) is 0 Å². The summed E-state index contributed by atoms with van der Waals surface area (Å²) in [5.74, 6) is 0.557. The lowest BCUT2D eigenvalue weighted by atomic mass is 10.0. The summed E-state index contributed by atoms with van der Waals surface area (Å²) in [4.78, 5) is 4.04. The Bertz CT molecular complexity index is 595. The maximum Gasteiger partial charge on any atom is 0.416 e. The summed E-state index contributed by atoms with van der Waals surface area (Å²) >= 11 is 0. The maximum absolute atomic E-state index is 12.7. The van der Waals surface area contributed by atoms with E-state index >= 15 is 0 Å². The van der Waals surface area contributed by atoms with Crippen LogP contribution in [-0.2, 0) is 19.1 Å². The molecule has 7 heteroatoms. The molecule has 1 heterocycles. The minimum Gasteiger partial charge on any atom is -0.388 e. The largest absolute Gasteiger partial charge is 0.416 e. The van der Waals surface area contributed by atoms with E-state index in [4.69, 9.17) is 0 Å². The summed E-state index contributed by atoms with van der Waals surface area (Å²) in [5.41, 5.74) is -0.551. The Morgan fingerprint density at radius 1 is 1.33 bits per heavy atom. The quantitative estimate of drug-likeness (QED) is 0.923. The van der Waals surface area contributed by atoms with Gasteiger partial charge >= 0.3 is 6.18 Å². The number of hydrogen-bond acceptors (Lipinski definition) is 3. The number of rotatable bonds is 5. The van der Waals surface area contributed by atoms with Crippen LogP contribution in [0.1, 0.15) is 36.4 Å². The molecule has 1 atom stereocenters. The third-order valence-corrected chi connectivity index (χ3v) is 3.11. The number of aliphatic hydroxyl groups excluding tert-OH is 1. The van der Waals surface area contributed by atoms with E-state index in [0.29, 0.717) is 12.4 Å². The second kappa shape index (κ2) is 6.26. The summed E-state index contributed by atoms with van der Waals surface area (Å²) in [7, 11) is 0. The molecule has 0 aliphatic rings. The first-order valence-corrected chi connectivity index (χ1v) is 6.63. The van der Waals surface area contributed by atoms with E-state index < -0.39 is 17.8 Å². The molecule has 1 unspecified atom stereocenters. The fourth-order valence-corrected chi connectivity index (χ4v) is 2.06. The third kappa shape index (κ3) is 3.81. The molecular formula is C14H16F3N3O. The van der Waals surface area contributed by atoms with Crippen molar-refractivity contribution in [1.29, 1.82) is 0 Å². The van der Waals surface area contributed by atoms with Gasteiger partial charge in [0.15, 0.2) is 0 Å². The SMILES string of the molecule is CCCn1ncnc1CC(O)c1cccc(C(F)(F)F)c1. The van der Waals surface area contributed by atoms with Crippen LogP contribution in [0.15, 0.2) is 30.6 Å². The van der Waals surface area contributed by atoms with Crippen molar-refractivity contribution in [3.8, 4) is 0 Å². The smallest absolute Gasteiger partial charge is 0.388 e. The van der Waals surface area contributed by atoms with Crippen molar-refractivity contribution in [1.82, 2.24) is 14.8 Å². The summed E-state index contributed by atoms with van der Waals surface area (Å²) in [6.45, 7) is 2.64. The average Bonchev–Trinajstić information content (AvgIpc) is 2.86. The Kier molecular flexibility index (Phi) is 4.62. The first-order chi connectivity index (χ1) is 9.91. The molecule has 2 aromatic rings. The molecule has 0 radical (unpaired) electrons. The summed E-state index contributed by atoms with van der Waals surface area (Å²) < 4.78 is 39.6. The maximum atomic E-state index is 12.7. The topological polar surface area (TPSA) is 50.9 Å².